The Kier molecular flexibility index (Phi) is 6.37. The summed E-state index contributed by atoms with van der Waals surface area (Å²) in [6, 6.07) is 0.320. The second-order valence-corrected chi connectivity index (χ2v) is 4.18. The average molecular weight is 230 g/mol. The van der Waals surface area contributed by atoms with Crippen molar-refractivity contribution >= 4 is 5.91 Å². The van der Waals surface area contributed by atoms with Gasteiger partial charge in [-0.2, -0.15) is 0 Å². The predicted octanol–water partition coefficient (Wildman–Crippen LogP) is -0.0939. The van der Waals surface area contributed by atoms with Crippen molar-refractivity contribution in [3.63, 3.8) is 0 Å². The van der Waals surface area contributed by atoms with Gasteiger partial charge in [0.05, 0.1) is 13.2 Å². The average Bonchev–Trinajstić information content (AvgIpc) is 2.27. The number of carbonyl (C=O) groups excluding carboxylic acids is 1. The van der Waals surface area contributed by atoms with Crippen LogP contribution in [-0.2, 0) is 14.3 Å². The van der Waals surface area contributed by atoms with E-state index >= 15 is 0 Å². The molecule has 1 aliphatic rings. The first-order valence-corrected chi connectivity index (χ1v) is 5.81. The third-order valence-corrected chi connectivity index (χ3v) is 2.59. The maximum atomic E-state index is 11.6. The van der Waals surface area contributed by atoms with E-state index in [1.54, 1.807) is 7.11 Å². The van der Waals surface area contributed by atoms with Crippen molar-refractivity contribution in [1.82, 2.24) is 10.6 Å². The first-order chi connectivity index (χ1) is 7.72. The van der Waals surface area contributed by atoms with E-state index in [4.69, 9.17) is 9.47 Å². The van der Waals surface area contributed by atoms with E-state index in [1.807, 2.05) is 6.92 Å². The van der Waals surface area contributed by atoms with Crippen molar-refractivity contribution in [3.8, 4) is 0 Å². The number of morpholine rings is 1. The highest BCUT2D eigenvalue weighted by molar-refractivity contribution is 5.76. The first kappa shape index (κ1) is 13.4. The lowest BCUT2D eigenvalue weighted by Crippen LogP contribution is -2.45. The molecule has 0 aromatic heterocycles. The van der Waals surface area contributed by atoms with Gasteiger partial charge >= 0.3 is 0 Å². The zero-order valence-electron chi connectivity index (χ0n) is 10.1. The Morgan fingerprint density at radius 3 is 3.12 bits per heavy atom. The number of carbonyl (C=O) groups is 1. The van der Waals surface area contributed by atoms with Crippen molar-refractivity contribution in [2.45, 2.75) is 31.8 Å². The summed E-state index contributed by atoms with van der Waals surface area (Å²) < 4.78 is 10.3. The molecule has 5 heteroatoms. The zero-order chi connectivity index (χ0) is 11.8. The molecule has 16 heavy (non-hydrogen) atoms. The Labute approximate surface area is 96.9 Å². The number of ether oxygens (including phenoxy) is 2. The van der Waals surface area contributed by atoms with E-state index in [-0.39, 0.29) is 18.0 Å². The fraction of sp³-hybridized carbons (Fsp3) is 0.909. The van der Waals surface area contributed by atoms with E-state index in [0.717, 1.165) is 19.6 Å². The molecule has 2 unspecified atom stereocenters. The minimum Gasteiger partial charge on any atom is -0.385 e. The molecule has 0 aromatic carbocycles. The van der Waals surface area contributed by atoms with Gasteiger partial charge in [-0.15, -0.1) is 0 Å². The molecule has 1 saturated heterocycles. The van der Waals surface area contributed by atoms with Gasteiger partial charge in [0.2, 0.25) is 5.91 Å². The van der Waals surface area contributed by atoms with Crippen molar-refractivity contribution in [2.24, 2.45) is 0 Å². The predicted molar refractivity (Wildman–Crippen MR) is 61.3 cm³/mol. The van der Waals surface area contributed by atoms with Crippen molar-refractivity contribution < 1.29 is 14.3 Å². The minimum atomic E-state index is 0.0756. The van der Waals surface area contributed by atoms with Gasteiger partial charge in [-0.1, -0.05) is 0 Å². The fourth-order valence-corrected chi connectivity index (χ4v) is 1.68. The van der Waals surface area contributed by atoms with E-state index < -0.39 is 0 Å². The van der Waals surface area contributed by atoms with Gasteiger partial charge in [-0.25, -0.2) is 0 Å². The van der Waals surface area contributed by atoms with Gasteiger partial charge < -0.3 is 20.1 Å². The third-order valence-electron chi connectivity index (χ3n) is 2.59. The maximum absolute atomic E-state index is 11.6. The highest BCUT2D eigenvalue weighted by atomic mass is 16.5. The lowest BCUT2D eigenvalue weighted by Gasteiger charge is -2.24. The lowest BCUT2D eigenvalue weighted by atomic mass is 10.1. The van der Waals surface area contributed by atoms with E-state index in [2.05, 4.69) is 10.6 Å². The van der Waals surface area contributed by atoms with Crippen LogP contribution in [0.5, 0.6) is 0 Å². The van der Waals surface area contributed by atoms with Crippen LogP contribution < -0.4 is 10.6 Å². The Hall–Kier alpha value is -0.650. The lowest BCUT2D eigenvalue weighted by molar-refractivity contribution is -0.123. The summed E-state index contributed by atoms with van der Waals surface area (Å²) in [6.07, 6.45) is 1.33. The molecular weight excluding hydrogens is 208 g/mol. The van der Waals surface area contributed by atoms with Crippen molar-refractivity contribution in [3.05, 3.63) is 0 Å². The number of methoxy groups -OCH3 is 1. The molecule has 0 radical (unpaired) electrons. The Morgan fingerprint density at radius 1 is 1.69 bits per heavy atom. The molecule has 94 valence electrons. The number of hydrogen-bond donors (Lipinski definition) is 2. The first-order valence-electron chi connectivity index (χ1n) is 5.81. The Bertz CT molecular complexity index is 205. The Balaban J connectivity index is 2.13. The topological polar surface area (TPSA) is 59.6 Å². The normalized spacial score (nSPS) is 22.8. The molecule has 0 aromatic rings. The molecular formula is C11H22N2O3. The minimum absolute atomic E-state index is 0.0756. The van der Waals surface area contributed by atoms with Gasteiger partial charge in [0.15, 0.2) is 0 Å². The summed E-state index contributed by atoms with van der Waals surface area (Å²) in [5.41, 5.74) is 0. The van der Waals surface area contributed by atoms with Crippen molar-refractivity contribution in [1.29, 1.82) is 0 Å². The fourth-order valence-electron chi connectivity index (χ4n) is 1.68. The summed E-state index contributed by atoms with van der Waals surface area (Å²) in [7, 11) is 1.66. The van der Waals surface area contributed by atoms with E-state index in [9.17, 15) is 4.79 Å². The van der Waals surface area contributed by atoms with Crippen LogP contribution in [0.3, 0.4) is 0 Å². The van der Waals surface area contributed by atoms with Crippen LogP contribution >= 0.6 is 0 Å². The highest BCUT2D eigenvalue weighted by Crippen LogP contribution is 1.99. The largest absolute Gasteiger partial charge is 0.385 e. The molecule has 2 N–H and O–H groups in total. The number of hydrogen-bond acceptors (Lipinski definition) is 4. The summed E-state index contributed by atoms with van der Waals surface area (Å²) in [6.45, 7) is 4.85. The monoisotopic (exact) mass is 230 g/mol. The zero-order valence-corrected chi connectivity index (χ0v) is 10.1. The summed E-state index contributed by atoms with van der Waals surface area (Å²) in [5.74, 6) is 0.0756. The SMILES string of the molecule is COCCC(C)NC(=O)CC1COCCN1. The number of amides is 1. The second kappa shape index (κ2) is 7.60. The summed E-state index contributed by atoms with van der Waals surface area (Å²) >= 11 is 0. The molecule has 0 aliphatic carbocycles. The van der Waals surface area contributed by atoms with Crippen LogP contribution in [0.4, 0.5) is 0 Å². The molecule has 1 heterocycles. The quantitative estimate of drug-likeness (QED) is 0.669. The highest BCUT2D eigenvalue weighted by Gasteiger charge is 2.17. The third kappa shape index (κ3) is 5.44. The Morgan fingerprint density at radius 2 is 2.50 bits per heavy atom. The van der Waals surface area contributed by atoms with Crippen LogP contribution in [0.1, 0.15) is 19.8 Å². The molecule has 1 amide bonds. The van der Waals surface area contributed by atoms with Gasteiger partial charge in [0, 0.05) is 38.8 Å². The van der Waals surface area contributed by atoms with Crippen LogP contribution in [0.15, 0.2) is 0 Å². The molecule has 1 rings (SSSR count). The van der Waals surface area contributed by atoms with Gasteiger partial charge in [-0.3, -0.25) is 4.79 Å². The molecule has 0 bridgehead atoms. The van der Waals surface area contributed by atoms with Gasteiger partial charge in [0.25, 0.3) is 0 Å². The van der Waals surface area contributed by atoms with E-state index in [0.29, 0.717) is 19.6 Å². The second-order valence-electron chi connectivity index (χ2n) is 4.18. The molecule has 0 spiro atoms. The van der Waals surface area contributed by atoms with Crippen LogP contribution in [0.25, 0.3) is 0 Å². The van der Waals surface area contributed by atoms with Gasteiger partial charge in [-0.05, 0) is 13.3 Å². The van der Waals surface area contributed by atoms with E-state index in [1.165, 1.54) is 0 Å². The smallest absolute Gasteiger partial charge is 0.221 e. The number of rotatable bonds is 6. The van der Waals surface area contributed by atoms with Crippen molar-refractivity contribution in [2.75, 3.05) is 33.5 Å². The molecule has 2 atom stereocenters. The standard InChI is InChI=1S/C11H22N2O3/c1-9(3-5-15-2)13-11(14)7-10-8-16-6-4-12-10/h9-10,12H,3-8H2,1-2H3,(H,13,14). The summed E-state index contributed by atoms with van der Waals surface area (Å²) in [4.78, 5) is 11.6. The maximum Gasteiger partial charge on any atom is 0.221 e. The molecule has 1 aliphatic heterocycles. The molecule has 5 nitrogen and oxygen atoms in total. The number of nitrogens with one attached hydrogen (secondary N) is 2. The summed E-state index contributed by atoms with van der Waals surface area (Å²) in [5, 5.41) is 6.20. The van der Waals surface area contributed by atoms with Crippen LogP contribution in [0.2, 0.25) is 0 Å². The molecule has 0 saturated carbocycles. The van der Waals surface area contributed by atoms with Crippen LogP contribution in [0, 0.1) is 0 Å². The van der Waals surface area contributed by atoms with Crippen LogP contribution in [-0.4, -0.2) is 51.5 Å². The molecule has 1 fully saturated rings. The van der Waals surface area contributed by atoms with Gasteiger partial charge in [0.1, 0.15) is 0 Å².